The highest BCUT2D eigenvalue weighted by molar-refractivity contribution is 8.20. The van der Waals surface area contributed by atoms with Gasteiger partial charge < -0.3 is 10.1 Å². The average Bonchev–Trinajstić information content (AvgIpc) is 3.17. The van der Waals surface area contributed by atoms with E-state index in [2.05, 4.69) is 79.8 Å². The zero-order chi connectivity index (χ0) is 21.6. The summed E-state index contributed by atoms with van der Waals surface area (Å²) in [6.45, 7) is 4.64. The molecule has 0 aliphatic carbocycles. The maximum absolute atomic E-state index is 11.9. The lowest BCUT2D eigenvalue weighted by Gasteiger charge is -2.49. The van der Waals surface area contributed by atoms with Crippen LogP contribution in [0.5, 0.6) is 0 Å². The number of carbonyl (C=O) groups is 1. The normalized spacial score (nSPS) is 20.8. The third-order valence-electron chi connectivity index (χ3n) is 6.19. The average molecular weight is 448 g/mol. The highest BCUT2D eigenvalue weighted by atomic mass is 32.2. The number of hydrogen-bond donors (Lipinski definition) is 1. The first kappa shape index (κ1) is 20.5. The Morgan fingerprint density at radius 3 is 2.16 bits per heavy atom. The maximum atomic E-state index is 11.9. The fourth-order valence-electron chi connectivity index (χ4n) is 4.84. The molecule has 2 aliphatic heterocycles. The van der Waals surface area contributed by atoms with Gasteiger partial charge in [0.2, 0.25) is 0 Å². The Labute approximate surface area is 192 Å². The lowest BCUT2D eigenvalue weighted by molar-refractivity contribution is 0.0600. The van der Waals surface area contributed by atoms with E-state index in [0.717, 1.165) is 0 Å². The maximum Gasteiger partial charge on any atom is 0.337 e. The SMILES string of the molecule is COC(=O)c1ccc(C2Nc3ccccc3C3(Sc4ccccc4S3)C2C(C)C)cc1. The molecular formula is C26H25NO2S2. The number of thioether (sulfide) groups is 2. The van der Waals surface area contributed by atoms with E-state index in [0.29, 0.717) is 17.4 Å². The summed E-state index contributed by atoms with van der Waals surface area (Å²) in [6.07, 6.45) is 0. The van der Waals surface area contributed by atoms with Crippen molar-refractivity contribution in [2.75, 3.05) is 12.4 Å². The lowest BCUT2D eigenvalue weighted by atomic mass is 9.76. The van der Waals surface area contributed by atoms with E-state index in [9.17, 15) is 4.79 Å². The van der Waals surface area contributed by atoms with Gasteiger partial charge in [-0.2, -0.15) is 0 Å². The van der Waals surface area contributed by atoms with E-state index in [1.54, 1.807) is 0 Å². The van der Waals surface area contributed by atoms with E-state index < -0.39 is 0 Å². The van der Waals surface area contributed by atoms with Gasteiger partial charge in [0.25, 0.3) is 0 Å². The quantitative estimate of drug-likeness (QED) is 0.439. The number of ether oxygens (including phenoxy) is 1. The van der Waals surface area contributed by atoms with Crippen LogP contribution >= 0.6 is 23.5 Å². The number of fused-ring (bicyclic) bond motifs is 3. The first-order chi connectivity index (χ1) is 15.0. The van der Waals surface area contributed by atoms with Crippen molar-refractivity contribution in [3.63, 3.8) is 0 Å². The molecule has 31 heavy (non-hydrogen) atoms. The summed E-state index contributed by atoms with van der Waals surface area (Å²) in [6, 6.07) is 25.5. The molecule has 3 nitrogen and oxygen atoms in total. The zero-order valence-electron chi connectivity index (χ0n) is 17.8. The fourth-order valence-corrected chi connectivity index (χ4v) is 8.74. The van der Waals surface area contributed by atoms with Crippen molar-refractivity contribution < 1.29 is 9.53 Å². The van der Waals surface area contributed by atoms with Crippen LogP contribution in [-0.2, 0) is 8.82 Å². The molecule has 0 saturated carbocycles. The molecule has 0 aromatic heterocycles. The van der Waals surface area contributed by atoms with Gasteiger partial charge in [-0.25, -0.2) is 4.79 Å². The van der Waals surface area contributed by atoms with E-state index in [-0.39, 0.29) is 16.1 Å². The van der Waals surface area contributed by atoms with Gasteiger partial charge in [-0.15, -0.1) is 23.5 Å². The molecule has 5 heteroatoms. The molecule has 2 atom stereocenters. The van der Waals surface area contributed by atoms with Crippen LogP contribution in [0.3, 0.4) is 0 Å². The number of methoxy groups -OCH3 is 1. The minimum Gasteiger partial charge on any atom is -0.465 e. The largest absolute Gasteiger partial charge is 0.465 e. The summed E-state index contributed by atoms with van der Waals surface area (Å²) < 4.78 is 4.77. The summed E-state index contributed by atoms with van der Waals surface area (Å²) in [5.74, 6) is 0.483. The van der Waals surface area contributed by atoms with Gasteiger partial charge in [0.15, 0.2) is 0 Å². The molecule has 0 fully saturated rings. The van der Waals surface area contributed by atoms with E-state index in [1.807, 2.05) is 35.7 Å². The highest BCUT2D eigenvalue weighted by Gasteiger charge is 2.54. The van der Waals surface area contributed by atoms with Gasteiger partial charge in [-0.05, 0) is 41.8 Å². The summed E-state index contributed by atoms with van der Waals surface area (Å²) in [7, 11) is 1.42. The second-order valence-corrected chi connectivity index (χ2v) is 11.2. The van der Waals surface area contributed by atoms with Crippen molar-refractivity contribution in [3.8, 4) is 0 Å². The molecule has 2 unspecified atom stereocenters. The van der Waals surface area contributed by atoms with Gasteiger partial charge >= 0.3 is 5.97 Å². The van der Waals surface area contributed by atoms with Crippen LogP contribution in [0.25, 0.3) is 0 Å². The second kappa shape index (κ2) is 7.95. The molecule has 0 amide bonds. The second-order valence-electron chi connectivity index (χ2n) is 8.37. The molecule has 2 heterocycles. The van der Waals surface area contributed by atoms with Crippen molar-refractivity contribution >= 4 is 35.2 Å². The minimum atomic E-state index is -0.303. The molecule has 3 aromatic carbocycles. The Balaban J connectivity index is 1.64. The van der Waals surface area contributed by atoms with Crippen LogP contribution < -0.4 is 5.32 Å². The Kier molecular flexibility index (Phi) is 5.27. The Morgan fingerprint density at radius 1 is 0.935 bits per heavy atom. The van der Waals surface area contributed by atoms with Crippen molar-refractivity contribution in [2.24, 2.45) is 11.8 Å². The Bertz CT molecular complexity index is 1100. The van der Waals surface area contributed by atoms with Crippen LogP contribution in [0, 0.1) is 11.8 Å². The third-order valence-corrected chi connectivity index (χ3v) is 9.56. The fraction of sp³-hybridized carbons (Fsp3) is 0.269. The number of anilines is 1. The molecule has 0 radical (unpaired) electrons. The van der Waals surface area contributed by atoms with Crippen LogP contribution in [0.1, 0.15) is 41.4 Å². The van der Waals surface area contributed by atoms with Crippen LogP contribution in [0.15, 0.2) is 82.6 Å². The van der Waals surface area contributed by atoms with Gasteiger partial charge in [-0.3, -0.25) is 0 Å². The van der Waals surface area contributed by atoms with Gasteiger partial charge in [0.05, 0.1) is 18.7 Å². The van der Waals surface area contributed by atoms with Crippen LogP contribution in [-0.4, -0.2) is 13.1 Å². The number of para-hydroxylation sites is 1. The molecular weight excluding hydrogens is 422 g/mol. The predicted octanol–water partition coefficient (Wildman–Crippen LogP) is 6.96. The number of hydrogen-bond acceptors (Lipinski definition) is 5. The van der Waals surface area contributed by atoms with Gasteiger partial charge in [-0.1, -0.05) is 56.3 Å². The summed E-state index contributed by atoms with van der Waals surface area (Å²) in [4.78, 5) is 14.6. The number of carbonyl (C=O) groups excluding carboxylic acids is 1. The summed E-state index contributed by atoms with van der Waals surface area (Å²) in [5, 5.41) is 3.84. The van der Waals surface area contributed by atoms with Crippen LogP contribution in [0.4, 0.5) is 5.69 Å². The Morgan fingerprint density at radius 2 is 1.55 bits per heavy atom. The van der Waals surface area contributed by atoms with Crippen molar-refractivity contribution in [2.45, 2.75) is 33.8 Å². The first-order valence-electron chi connectivity index (χ1n) is 10.5. The van der Waals surface area contributed by atoms with Gasteiger partial charge in [0.1, 0.15) is 4.08 Å². The summed E-state index contributed by atoms with van der Waals surface area (Å²) >= 11 is 4.00. The topological polar surface area (TPSA) is 38.3 Å². The number of esters is 1. The molecule has 158 valence electrons. The predicted molar refractivity (Wildman–Crippen MR) is 129 cm³/mol. The Hall–Kier alpha value is -2.37. The van der Waals surface area contributed by atoms with E-state index in [1.165, 1.54) is 33.7 Å². The number of nitrogens with one attached hydrogen (secondary N) is 1. The molecule has 5 rings (SSSR count). The van der Waals surface area contributed by atoms with Crippen LogP contribution in [0.2, 0.25) is 0 Å². The smallest absolute Gasteiger partial charge is 0.337 e. The molecule has 0 bridgehead atoms. The molecule has 2 aliphatic rings. The van der Waals surface area contributed by atoms with Crippen molar-refractivity contribution in [3.05, 3.63) is 89.5 Å². The minimum absolute atomic E-state index is 0.106. The monoisotopic (exact) mass is 447 g/mol. The van der Waals surface area contributed by atoms with E-state index in [4.69, 9.17) is 4.74 Å². The van der Waals surface area contributed by atoms with E-state index >= 15 is 0 Å². The van der Waals surface area contributed by atoms with Gasteiger partial charge in [0, 0.05) is 27.0 Å². The molecule has 1 N–H and O–H groups in total. The molecule has 1 spiro atoms. The van der Waals surface area contributed by atoms with Crippen molar-refractivity contribution in [1.29, 1.82) is 0 Å². The van der Waals surface area contributed by atoms with Crippen molar-refractivity contribution in [1.82, 2.24) is 0 Å². The third kappa shape index (κ3) is 3.35. The first-order valence-corrected chi connectivity index (χ1v) is 12.2. The standard InChI is InChI=1S/C26H25NO2S2/c1-16(2)23-24(17-12-14-18(15-13-17)25(28)29-3)27-20-9-5-4-8-19(20)26(23)30-21-10-6-7-11-22(21)31-26/h4-16,23-24,27H,1-3H3. The zero-order valence-corrected chi connectivity index (χ0v) is 19.4. The number of benzene rings is 3. The number of rotatable bonds is 3. The highest BCUT2D eigenvalue weighted by Crippen LogP contribution is 2.70. The molecule has 3 aromatic rings. The molecule has 0 saturated heterocycles. The lowest BCUT2D eigenvalue weighted by Crippen LogP contribution is -2.42. The summed E-state index contributed by atoms with van der Waals surface area (Å²) in [5.41, 5.74) is 4.32.